The van der Waals surface area contributed by atoms with Gasteiger partial charge in [0.15, 0.2) is 0 Å². The molecule has 0 aliphatic rings. The lowest BCUT2D eigenvalue weighted by atomic mass is 10.1. The van der Waals surface area contributed by atoms with E-state index < -0.39 is 0 Å². The number of halogens is 1. The molecule has 0 bridgehead atoms. The van der Waals surface area contributed by atoms with Gasteiger partial charge in [-0.05, 0) is 43.2 Å². The van der Waals surface area contributed by atoms with Crippen LogP contribution < -0.4 is 14.8 Å². The van der Waals surface area contributed by atoms with E-state index in [9.17, 15) is 9.18 Å². The van der Waals surface area contributed by atoms with Crippen molar-refractivity contribution in [3.05, 3.63) is 65.3 Å². The monoisotopic (exact) mass is 398 g/mol. The molecule has 0 aliphatic heterocycles. The standard InChI is InChI=1S/C22H23FN2O4/c1-14-19(25-22(29-14)16-5-4-6-17(23)11-16)13-21(26)24-10-9-15-7-8-18(27-2)12-20(15)28-3/h4-8,11-12H,9-10,13H2,1-3H3,(H,24,26). The number of carbonyl (C=O) groups excluding carboxylic acids is 1. The van der Waals surface area contributed by atoms with E-state index in [1.54, 1.807) is 33.3 Å². The van der Waals surface area contributed by atoms with E-state index in [1.165, 1.54) is 12.1 Å². The van der Waals surface area contributed by atoms with Crippen molar-refractivity contribution < 1.29 is 23.1 Å². The average molecular weight is 398 g/mol. The number of carbonyl (C=O) groups is 1. The lowest BCUT2D eigenvalue weighted by molar-refractivity contribution is -0.120. The Balaban J connectivity index is 1.58. The van der Waals surface area contributed by atoms with Crippen LogP contribution in [0.25, 0.3) is 11.5 Å². The molecule has 0 fully saturated rings. The normalized spacial score (nSPS) is 10.6. The zero-order chi connectivity index (χ0) is 20.8. The fourth-order valence-electron chi connectivity index (χ4n) is 2.95. The Morgan fingerprint density at radius 3 is 2.72 bits per heavy atom. The molecule has 0 spiro atoms. The van der Waals surface area contributed by atoms with Crippen LogP contribution in [0.2, 0.25) is 0 Å². The van der Waals surface area contributed by atoms with Crippen LogP contribution in [0.3, 0.4) is 0 Å². The van der Waals surface area contributed by atoms with Crippen LogP contribution in [-0.4, -0.2) is 31.7 Å². The van der Waals surface area contributed by atoms with E-state index in [-0.39, 0.29) is 18.1 Å². The molecule has 1 N–H and O–H groups in total. The highest BCUT2D eigenvalue weighted by Gasteiger charge is 2.15. The van der Waals surface area contributed by atoms with Crippen LogP contribution in [0.4, 0.5) is 4.39 Å². The summed E-state index contributed by atoms with van der Waals surface area (Å²) < 4.78 is 29.5. The number of methoxy groups -OCH3 is 2. The molecule has 0 atom stereocenters. The van der Waals surface area contributed by atoms with Crippen LogP contribution in [-0.2, 0) is 17.6 Å². The first kappa shape index (κ1) is 20.4. The summed E-state index contributed by atoms with van der Waals surface area (Å²) in [5.41, 5.74) is 2.04. The van der Waals surface area contributed by atoms with Gasteiger partial charge in [0.05, 0.1) is 26.3 Å². The van der Waals surface area contributed by atoms with Crippen LogP contribution in [0, 0.1) is 12.7 Å². The summed E-state index contributed by atoms with van der Waals surface area (Å²) >= 11 is 0. The lowest BCUT2D eigenvalue weighted by Gasteiger charge is -2.11. The van der Waals surface area contributed by atoms with Gasteiger partial charge in [-0.3, -0.25) is 4.79 Å². The number of oxazole rings is 1. The highest BCUT2D eigenvalue weighted by molar-refractivity contribution is 5.78. The van der Waals surface area contributed by atoms with Crippen molar-refractivity contribution in [1.29, 1.82) is 0 Å². The molecule has 1 aromatic heterocycles. The van der Waals surface area contributed by atoms with Gasteiger partial charge in [0.2, 0.25) is 11.8 Å². The first-order valence-corrected chi connectivity index (χ1v) is 9.20. The first-order chi connectivity index (χ1) is 14.0. The van der Waals surface area contributed by atoms with Gasteiger partial charge in [-0.25, -0.2) is 9.37 Å². The summed E-state index contributed by atoms with van der Waals surface area (Å²) in [7, 11) is 3.20. The third-order valence-corrected chi connectivity index (χ3v) is 4.50. The number of rotatable bonds is 8. The van der Waals surface area contributed by atoms with Gasteiger partial charge in [-0.15, -0.1) is 0 Å². The summed E-state index contributed by atoms with van der Waals surface area (Å²) in [4.78, 5) is 16.7. The largest absolute Gasteiger partial charge is 0.497 e. The molecule has 3 rings (SSSR count). The van der Waals surface area contributed by atoms with Crippen molar-refractivity contribution >= 4 is 5.91 Å². The molecule has 0 radical (unpaired) electrons. The van der Waals surface area contributed by atoms with Crippen LogP contribution in [0.1, 0.15) is 17.0 Å². The maximum Gasteiger partial charge on any atom is 0.226 e. The lowest BCUT2D eigenvalue weighted by Crippen LogP contribution is -2.27. The molecule has 7 heteroatoms. The number of ether oxygens (including phenoxy) is 2. The molecular weight excluding hydrogens is 375 g/mol. The maximum atomic E-state index is 13.4. The van der Waals surface area contributed by atoms with E-state index in [4.69, 9.17) is 13.9 Å². The summed E-state index contributed by atoms with van der Waals surface area (Å²) in [5, 5.41) is 2.88. The SMILES string of the molecule is COc1ccc(CCNC(=O)Cc2nc(-c3cccc(F)c3)oc2C)c(OC)c1. The molecule has 0 unspecified atom stereocenters. The average Bonchev–Trinajstić information content (AvgIpc) is 3.08. The number of nitrogens with zero attached hydrogens (tertiary/aromatic N) is 1. The molecule has 0 saturated heterocycles. The Morgan fingerprint density at radius 1 is 1.17 bits per heavy atom. The zero-order valence-electron chi connectivity index (χ0n) is 16.6. The molecule has 3 aromatic rings. The van der Waals surface area contributed by atoms with Gasteiger partial charge in [-0.1, -0.05) is 12.1 Å². The molecule has 29 heavy (non-hydrogen) atoms. The van der Waals surface area contributed by atoms with E-state index in [2.05, 4.69) is 10.3 Å². The molecule has 1 amide bonds. The topological polar surface area (TPSA) is 73.6 Å². The van der Waals surface area contributed by atoms with Gasteiger partial charge in [0.25, 0.3) is 0 Å². The highest BCUT2D eigenvalue weighted by Crippen LogP contribution is 2.25. The number of nitrogens with one attached hydrogen (secondary N) is 1. The minimum atomic E-state index is -0.369. The highest BCUT2D eigenvalue weighted by atomic mass is 19.1. The van der Waals surface area contributed by atoms with E-state index in [0.717, 1.165) is 5.56 Å². The van der Waals surface area contributed by atoms with Crippen LogP contribution in [0.15, 0.2) is 46.9 Å². The number of aryl methyl sites for hydroxylation is 1. The summed E-state index contributed by atoms with van der Waals surface area (Å²) in [6.07, 6.45) is 0.704. The summed E-state index contributed by atoms with van der Waals surface area (Å²) in [6.45, 7) is 2.19. The quantitative estimate of drug-likeness (QED) is 0.626. The molecule has 0 aliphatic carbocycles. The van der Waals surface area contributed by atoms with E-state index >= 15 is 0 Å². The van der Waals surface area contributed by atoms with Crippen molar-refractivity contribution in [1.82, 2.24) is 10.3 Å². The number of hydrogen-bond donors (Lipinski definition) is 1. The molecule has 2 aromatic carbocycles. The second-order valence-electron chi connectivity index (χ2n) is 6.49. The minimum Gasteiger partial charge on any atom is -0.497 e. The van der Waals surface area contributed by atoms with Crippen molar-refractivity contribution in [2.45, 2.75) is 19.8 Å². The zero-order valence-corrected chi connectivity index (χ0v) is 16.6. The third kappa shape index (κ3) is 5.13. The molecular formula is C22H23FN2O4. The fourth-order valence-corrected chi connectivity index (χ4v) is 2.95. The third-order valence-electron chi connectivity index (χ3n) is 4.50. The van der Waals surface area contributed by atoms with Gasteiger partial charge >= 0.3 is 0 Å². The van der Waals surface area contributed by atoms with Gasteiger partial charge in [0, 0.05) is 18.2 Å². The summed E-state index contributed by atoms with van der Waals surface area (Å²) in [5.74, 6) is 1.73. The van der Waals surface area contributed by atoms with Gasteiger partial charge in [0.1, 0.15) is 23.1 Å². The van der Waals surface area contributed by atoms with Crippen LogP contribution >= 0.6 is 0 Å². The molecule has 0 saturated carbocycles. The minimum absolute atomic E-state index is 0.0877. The van der Waals surface area contributed by atoms with Gasteiger partial charge < -0.3 is 19.2 Å². The molecule has 6 nitrogen and oxygen atoms in total. The van der Waals surface area contributed by atoms with E-state index in [0.29, 0.717) is 47.4 Å². The predicted molar refractivity (Wildman–Crippen MR) is 107 cm³/mol. The van der Waals surface area contributed by atoms with Gasteiger partial charge in [-0.2, -0.15) is 0 Å². The Labute approximate surface area is 168 Å². The van der Waals surface area contributed by atoms with Crippen LogP contribution in [0.5, 0.6) is 11.5 Å². The van der Waals surface area contributed by atoms with E-state index in [1.807, 2.05) is 18.2 Å². The second-order valence-corrected chi connectivity index (χ2v) is 6.49. The predicted octanol–water partition coefficient (Wildman–Crippen LogP) is 3.71. The smallest absolute Gasteiger partial charge is 0.226 e. The second kappa shape index (κ2) is 9.23. The first-order valence-electron chi connectivity index (χ1n) is 9.20. The van der Waals surface area contributed by atoms with Crippen molar-refractivity contribution in [2.24, 2.45) is 0 Å². The van der Waals surface area contributed by atoms with Crippen molar-refractivity contribution in [2.75, 3.05) is 20.8 Å². The number of aromatic nitrogens is 1. The van der Waals surface area contributed by atoms with Crippen molar-refractivity contribution in [3.8, 4) is 23.0 Å². The fraction of sp³-hybridized carbons (Fsp3) is 0.273. The van der Waals surface area contributed by atoms with Crippen molar-refractivity contribution in [3.63, 3.8) is 0 Å². The number of benzene rings is 2. The number of amides is 1. The summed E-state index contributed by atoms with van der Waals surface area (Å²) in [6, 6.07) is 11.6. The maximum absolute atomic E-state index is 13.4. The number of hydrogen-bond acceptors (Lipinski definition) is 5. The Bertz CT molecular complexity index is 1000. The Hall–Kier alpha value is -3.35. The molecule has 1 heterocycles. The Kier molecular flexibility index (Phi) is 6.49. The Morgan fingerprint density at radius 2 is 2.00 bits per heavy atom. The molecule has 152 valence electrons.